The van der Waals surface area contributed by atoms with Crippen molar-refractivity contribution in [2.45, 2.75) is 11.8 Å². The molecule has 0 aliphatic heterocycles. The van der Waals surface area contributed by atoms with E-state index in [1.807, 2.05) is 6.92 Å². The summed E-state index contributed by atoms with van der Waals surface area (Å²) in [4.78, 5) is 12.6. The van der Waals surface area contributed by atoms with E-state index in [4.69, 9.17) is 4.74 Å². The summed E-state index contributed by atoms with van der Waals surface area (Å²) in [5.41, 5.74) is 1.24. The number of anilines is 2. The summed E-state index contributed by atoms with van der Waals surface area (Å²) in [6.45, 7) is 2.40. The summed E-state index contributed by atoms with van der Waals surface area (Å²) in [7, 11) is -3.81. The van der Waals surface area contributed by atoms with Gasteiger partial charge in [0.1, 0.15) is 5.75 Å². The van der Waals surface area contributed by atoms with Crippen LogP contribution in [0.4, 0.5) is 11.4 Å². The second kappa shape index (κ2) is 8.58. The van der Waals surface area contributed by atoms with Crippen molar-refractivity contribution in [1.29, 1.82) is 0 Å². The maximum absolute atomic E-state index is 12.6. The quantitative estimate of drug-likeness (QED) is 0.629. The van der Waals surface area contributed by atoms with E-state index in [1.165, 1.54) is 18.2 Å². The molecule has 28 heavy (non-hydrogen) atoms. The van der Waals surface area contributed by atoms with E-state index < -0.39 is 15.9 Å². The van der Waals surface area contributed by atoms with Crippen LogP contribution in [0.5, 0.6) is 5.75 Å². The summed E-state index contributed by atoms with van der Waals surface area (Å²) in [5, 5.41) is 2.75. The number of hydrogen-bond acceptors (Lipinski definition) is 4. The summed E-state index contributed by atoms with van der Waals surface area (Å²) in [5.74, 6) is 0.231. The molecule has 3 rings (SSSR count). The zero-order chi connectivity index (χ0) is 20.0. The zero-order valence-electron chi connectivity index (χ0n) is 15.3. The van der Waals surface area contributed by atoms with E-state index in [1.54, 1.807) is 60.7 Å². The Morgan fingerprint density at radius 2 is 1.61 bits per heavy atom. The molecule has 6 nitrogen and oxygen atoms in total. The third kappa shape index (κ3) is 4.89. The second-order valence-electron chi connectivity index (χ2n) is 5.91. The third-order valence-corrected chi connectivity index (χ3v) is 5.21. The smallest absolute Gasteiger partial charge is 0.261 e. The summed E-state index contributed by atoms with van der Waals surface area (Å²) in [6, 6.07) is 21.4. The Kier molecular flexibility index (Phi) is 5.96. The molecular weight excluding hydrogens is 376 g/mol. The van der Waals surface area contributed by atoms with Gasteiger partial charge in [0.15, 0.2) is 0 Å². The van der Waals surface area contributed by atoms with E-state index in [2.05, 4.69) is 10.0 Å². The van der Waals surface area contributed by atoms with Crippen molar-refractivity contribution in [3.8, 4) is 5.75 Å². The highest BCUT2D eigenvalue weighted by atomic mass is 32.2. The van der Waals surface area contributed by atoms with Gasteiger partial charge in [-0.15, -0.1) is 0 Å². The Bertz CT molecular complexity index is 1070. The van der Waals surface area contributed by atoms with Crippen molar-refractivity contribution in [1.82, 2.24) is 0 Å². The van der Waals surface area contributed by atoms with Gasteiger partial charge in [0.2, 0.25) is 0 Å². The van der Waals surface area contributed by atoms with Crippen LogP contribution in [-0.2, 0) is 10.0 Å². The van der Waals surface area contributed by atoms with Crippen LogP contribution in [0, 0.1) is 0 Å². The van der Waals surface area contributed by atoms with E-state index in [0.717, 1.165) is 0 Å². The molecule has 0 heterocycles. The van der Waals surface area contributed by atoms with Gasteiger partial charge in [-0.2, -0.15) is 0 Å². The van der Waals surface area contributed by atoms with E-state index in [0.29, 0.717) is 23.7 Å². The SMILES string of the molecule is CCOc1cccc(NC(=O)c2cccc(S(=O)(=O)Nc3ccccc3)c2)c1. The number of sulfonamides is 1. The number of hydrogen-bond donors (Lipinski definition) is 2. The standard InChI is InChI=1S/C21H20N2O4S/c1-2-27-19-12-7-11-18(15-19)22-21(24)16-8-6-13-20(14-16)28(25,26)23-17-9-4-3-5-10-17/h3-15,23H,2H2,1H3,(H,22,24). The molecule has 3 aromatic carbocycles. The van der Waals surface area contributed by atoms with Crippen LogP contribution in [0.2, 0.25) is 0 Å². The Hall–Kier alpha value is -3.32. The predicted octanol–water partition coefficient (Wildman–Crippen LogP) is 4.14. The summed E-state index contributed by atoms with van der Waals surface area (Å²) in [6.07, 6.45) is 0. The van der Waals surface area contributed by atoms with Gasteiger partial charge in [-0.3, -0.25) is 9.52 Å². The van der Waals surface area contributed by atoms with Crippen LogP contribution in [0.15, 0.2) is 83.8 Å². The average molecular weight is 396 g/mol. The maximum Gasteiger partial charge on any atom is 0.261 e. The predicted molar refractivity (Wildman–Crippen MR) is 109 cm³/mol. The van der Waals surface area contributed by atoms with Gasteiger partial charge in [0, 0.05) is 23.0 Å². The number of carbonyl (C=O) groups excluding carboxylic acids is 1. The first-order valence-electron chi connectivity index (χ1n) is 8.70. The van der Waals surface area contributed by atoms with Crippen LogP contribution in [0.25, 0.3) is 0 Å². The van der Waals surface area contributed by atoms with Gasteiger partial charge in [-0.25, -0.2) is 8.42 Å². The highest BCUT2D eigenvalue weighted by molar-refractivity contribution is 7.92. The molecule has 144 valence electrons. The zero-order valence-corrected chi connectivity index (χ0v) is 16.1. The lowest BCUT2D eigenvalue weighted by Gasteiger charge is -2.10. The first-order chi connectivity index (χ1) is 13.5. The number of benzene rings is 3. The van der Waals surface area contributed by atoms with Crippen LogP contribution in [0.1, 0.15) is 17.3 Å². The number of rotatable bonds is 7. The lowest BCUT2D eigenvalue weighted by atomic mass is 10.2. The molecule has 0 saturated carbocycles. The fourth-order valence-electron chi connectivity index (χ4n) is 2.56. The molecule has 0 radical (unpaired) electrons. The van der Waals surface area contributed by atoms with Crippen LogP contribution >= 0.6 is 0 Å². The minimum atomic E-state index is -3.81. The molecule has 0 aromatic heterocycles. The Morgan fingerprint density at radius 3 is 2.36 bits per heavy atom. The highest BCUT2D eigenvalue weighted by Crippen LogP contribution is 2.20. The fourth-order valence-corrected chi connectivity index (χ4v) is 3.66. The van der Waals surface area contributed by atoms with Crippen molar-refractivity contribution in [2.24, 2.45) is 0 Å². The van der Waals surface area contributed by atoms with Gasteiger partial charge < -0.3 is 10.1 Å². The minimum Gasteiger partial charge on any atom is -0.494 e. The van der Waals surface area contributed by atoms with Crippen LogP contribution in [-0.4, -0.2) is 20.9 Å². The topological polar surface area (TPSA) is 84.5 Å². The van der Waals surface area contributed by atoms with Crippen molar-refractivity contribution in [3.05, 3.63) is 84.4 Å². The van der Waals surface area contributed by atoms with Gasteiger partial charge in [-0.1, -0.05) is 30.3 Å². The first-order valence-corrected chi connectivity index (χ1v) is 10.2. The number of carbonyl (C=O) groups is 1. The lowest BCUT2D eigenvalue weighted by molar-refractivity contribution is 0.102. The Labute approximate surface area is 164 Å². The number of para-hydroxylation sites is 1. The minimum absolute atomic E-state index is 0.00655. The monoisotopic (exact) mass is 396 g/mol. The maximum atomic E-state index is 12.6. The molecule has 0 atom stereocenters. The summed E-state index contributed by atoms with van der Waals surface area (Å²) < 4.78 is 33.1. The van der Waals surface area contributed by atoms with Gasteiger partial charge in [-0.05, 0) is 49.4 Å². The molecule has 0 aliphatic rings. The third-order valence-electron chi connectivity index (χ3n) is 3.84. The van der Waals surface area contributed by atoms with E-state index in [9.17, 15) is 13.2 Å². The van der Waals surface area contributed by atoms with Gasteiger partial charge >= 0.3 is 0 Å². The molecule has 1 amide bonds. The highest BCUT2D eigenvalue weighted by Gasteiger charge is 2.16. The number of nitrogens with one attached hydrogen (secondary N) is 2. The molecular formula is C21H20N2O4S. The number of ether oxygens (including phenoxy) is 1. The van der Waals surface area contributed by atoms with Crippen molar-refractivity contribution in [3.63, 3.8) is 0 Å². The lowest BCUT2D eigenvalue weighted by Crippen LogP contribution is -2.16. The van der Waals surface area contributed by atoms with E-state index >= 15 is 0 Å². The average Bonchev–Trinajstić information content (AvgIpc) is 2.69. The molecule has 0 unspecified atom stereocenters. The van der Waals surface area contributed by atoms with Gasteiger partial charge in [0.05, 0.1) is 11.5 Å². The Morgan fingerprint density at radius 1 is 0.893 bits per heavy atom. The van der Waals surface area contributed by atoms with E-state index in [-0.39, 0.29) is 10.5 Å². The molecule has 2 N–H and O–H groups in total. The largest absolute Gasteiger partial charge is 0.494 e. The van der Waals surface area contributed by atoms with Crippen LogP contribution in [0.3, 0.4) is 0 Å². The molecule has 0 saturated heterocycles. The first kappa shape index (κ1) is 19.4. The van der Waals surface area contributed by atoms with Crippen molar-refractivity contribution < 1.29 is 17.9 Å². The number of amides is 1. The van der Waals surface area contributed by atoms with Crippen molar-refractivity contribution >= 4 is 27.3 Å². The summed E-state index contributed by atoms with van der Waals surface area (Å²) >= 11 is 0. The Balaban J connectivity index is 1.79. The fraction of sp³-hybridized carbons (Fsp3) is 0.0952. The molecule has 0 aliphatic carbocycles. The molecule has 3 aromatic rings. The second-order valence-corrected chi connectivity index (χ2v) is 7.60. The molecule has 0 bridgehead atoms. The van der Waals surface area contributed by atoms with Crippen molar-refractivity contribution in [2.75, 3.05) is 16.6 Å². The van der Waals surface area contributed by atoms with Gasteiger partial charge in [0.25, 0.3) is 15.9 Å². The normalized spacial score (nSPS) is 10.9. The molecule has 0 spiro atoms. The molecule has 7 heteroatoms. The molecule has 0 fully saturated rings. The van der Waals surface area contributed by atoms with Crippen LogP contribution < -0.4 is 14.8 Å².